The molecule has 0 aromatic carbocycles. The van der Waals surface area contributed by atoms with Gasteiger partial charge >= 0.3 is 0 Å². The zero-order valence-electron chi connectivity index (χ0n) is 14.5. The summed E-state index contributed by atoms with van der Waals surface area (Å²) in [6.45, 7) is 7.59. The number of hydrogen-bond donors (Lipinski definition) is 1. The predicted molar refractivity (Wildman–Crippen MR) is 95.3 cm³/mol. The SMILES string of the molecule is C=CC=C(C=CC)C(=O)CC(=O)CC1C=C1C(=CCC)OCCO. The molecule has 0 heterocycles. The minimum absolute atomic E-state index is 0.0374. The highest BCUT2D eigenvalue weighted by atomic mass is 16.5. The van der Waals surface area contributed by atoms with E-state index in [9.17, 15) is 9.59 Å². The summed E-state index contributed by atoms with van der Waals surface area (Å²) < 4.78 is 5.49. The van der Waals surface area contributed by atoms with Crippen LogP contribution in [0.5, 0.6) is 0 Å². The summed E-state index contributed by atoms with van der Waals surface area (Å²) >= 11 is 0. The lowest BCUT2D eigenvalue weighted by Gasteiger charge is -2.08. The molecule has 1 aliphatic rings. The van der Waals surface area contributed by atoms with E-state index in [1.54, 1.807) is 24.3 Å². The maximum atomic E-state index is 12.1. The van der Waals surface area contributed by atoms with Crippen molar-refractivity contribution in [3.05, 3.63) is 59.9 Å². The number of Topliss-reactive ketones (excluding diaryl/α,β-unsaturated/α-hetero) is 2. The second-order valence-corrected chi connectivity index (χ2v) is 5.48. The molecule has 0 radical (unpaired) electrons. The van der Waals surface area contributed by atoms with Crippen LogP contribution in [-0.2, 0) is 14.3 Å². The molecule has 0 fully saturated rings. The van der Waals surface area contributed by atoms with Crippen LogP contribution in [0.1, 0.15) is 33.1 Å². The summed E-state index contributed by atoms with van der Waals surface area (Å²) in [6.07, 6.45) is 11.5. The molecule has 1 unspecified atom stereocenters. The number of ketones is 2. The minimum atomic E-state index is -0.193. The van der Waals surface area contributed by atoms with Gasteiger partial charge in [0.15, 0.2) is 5.78 Å². The van der Waals surface area contributed by atoms with Crippen molar-refractivity contribution in [1.82, 2.24) is 0 Å². The fourth-order valence-corrected chi connectivity index (χ4v) is 2.35. The van der Waals surface area contributed by atoms with E-state index in [2.05, 4.69) is 6.58 Å². The summed E-state index contributed by atoms with van der Waals surface area (Å²) in [7, 11) is 0. The molecule has 1 aliphatic carbocycles. The number of allylic oxidation sites excluding steroid dienone is 8. The predicted octanol–water partition coefficient (Wildman–Crippen LogP) is 3.45. The minimum Gasteiger partial charge on any atom is -0.491 e. The average Bonchev–Trinajstić information content (AvgIpc) is 3.29. The maximum absolute atomic E-state index is 12.1. The standard InChI is InChI=1S/C20H26O4/c1-4-7-15(8-5-2)19(23)14-17(22)12-16-13-18(16)20(9-6-3)24-11-10-21/h4-5,7-9,13,16,21H,1,6,10-12,14H2,2-3H3. The monoisotopic (exact) mass is 330 g/mol. The molecule has 0 aliphatic heterocycles. The molecule has 0 bridgehead atoms. The van der Waals surface area contributed by atoms with E-state index in [0.717, 1.165) is 17.8 Å². The summed E-state index contributed by atoms with van der Waals surface area (Å²) in [5.41, 5.74) is 1.48. The fraction of sp³-hybridized carbons (Fsp3) is 0.400. The first-order valence-corrected chi connectivity index (χ1v) is 8.23. The first kappa shape index (κ1) is 19.8. The van der Waals surface area contributed by atoms with Gasteiger partial charge in [0.25, 0.3) is 0 Å². The molecule has 0 amide bonds. The van der Waals surface area contributed by atoms with Crippen molar-refractivity contribution < 1.29 is 19.4 Å². The van der Waals surface area contributed by atoms with Crippen LogP contribution in [-0.4, -0.2) is 29.9 Å². The zero-order valence-corrected chi connectivity index (χ0v) is 14.5. The number of rotatable bonds is 12. The zero-order chi connectivity index (χ0) is 17.9. The van der Waals surface area contributed by atoms with Crippen molar-refractivity contribution in [1.29, 1.82) is 0 Å². The molecule has 0 saturated carbocycles. The Kier molecular flexibility index (Phi) is 8.72. The first-order valence-electron chi connectivity index (χ1n) is 8.23. The topological polar surface area (TPSA) is 63.6 Å². The Balaban J connectivity index is 2.53. The molecule has 4 heteroatoms. The Labute approximate surface area is 143 Å². The van der Waals surface area contributed by atoms with Crippen molar-refractivity contribution >= 4 is 11.6 Å². The number of hydrogen-bond acceptors (Lipinski definition) is 4. The molecule has 0 aromatic rings. The highest BCUT2D eigenvalue weighted by Crippen LogP contribution is 2.39. The molecule has 130 valence electrons. The Bertz CT molecular complexity index is 591. The number of aliphatic hydroxyl groups excluding tert-OH is 1. The average molecular weight is 330 g/mol. The van der Waals surface area contributed by atoms with Crippen LogP contribution in [0.2, 0.25) is 0 Å². The molecule has 1 rings (SSSR count). The number of aliphatic hydroxyl groups is 1. The Morgan fingerprint density at radius 2 is 2.17 bits per heavy atom. The van der Waals surface area contributed by atoms with Crippen LogP contribution >= 0.6 is 0 Å². The number of carbonyl (C=O) groups excluding carboxylic acids is 2. The molecule has 4 nitrogen and oxygen atoms in total. The number of ether oxygens (including phenoxy) is 1. The maximum Gasteiger partial charge on any atom is 0.170 e. The Hall–Kier alpha value is -2.20. The van der Waals surface area contributed by atoms with Gasteiger partial charge in [-0.05, 0) is 25.0 Å². The summed E-state index contributed by atoms with van der Waals surface area (Å²) in [5.74, 6) is 0.488. The molecule has 0 aromatic heterocycles. The second-order valence-electron chi connectivity index (χ2n) is 5.48. The molecule has 0 saturated heterocycles. The van der Waals surface area contributed by atoms with Crippen LogP contribution in [0.3, 0.4) is 0 Å². The van der Waals surface area contributed by atoms with E-state index >= 15 is 0 Å². The van der Waals surface area contributed by atoms with Crippen LogP contribution in [0, 0.1) is 5.92 Å². The fourth-order valence-electron chi connectivity index (χ4n) is 2.35. The molecule has 24 heavy (non-hydrogen) atoms. The lowest BCUT2D eigenvalue weighted by Crippen LogP contribution is -2.11. The van der Waals surface area contributed by atoms with Gasteiger partial charge in [0.1, 0.15) is 18.1 Å². The van der Waals surface area contributed by atoms with Crippen LogP contribution < -0.4 is 0 Å². The van der Waals surface area contributed by atoms with Gasteiger partial charge in [-0.15, -0.1) is 0 Å². The lowest BCUT2D eigenvalue weighted by atomic mass is 10.0. The third kappa shape index (κ3) is 6.50. The second kappa shape index (κ2) is 10.6. The Morgan fingerprint density at radius 1 is 1.42 bits per heavy atom. The van der Waals surface area contributed by atoms with Crippen molar-refractivity contribution in [3.63, 3.8) is 0 Å². The molecule has 1 atom stereocenters. The highest BCUT2D eigenvalue weighted by Gasteiger charge is 2.31. The summed E-state index contributed by atoms with van der Waals surface area (Å²) in [6, 6.07) is 0. The van der Waals surface area contributed by atoms with Gasteiger partial charge in [0, 0.05) is 17.9 Å². The van der Waals surface area contributed by atoms with E-state index in [-0.39, 0.29) is 37.1 Å². The summed E-state index contributed by atoms with van der Waals surface area (Å²) in [4.78, 5) is 24.3. The smallest absolute Gasteiger partial charge is 0.170 e. The van der Waals surface area contributed by atoms with Crippen molar-refractivity contribution in [3.8, 4) is 0 Å². The normalized spacial score (nSPS) is 17.6. The molecular weight excluding hydrogens is 304 g/mol. The van der Waals surface area contributed by atoms with Crippen LogP contribution in [0.15, 0.2) is 59.9 Å². The molecular formula is C20H26O4. The Morgan fingerprint density at radius 3 is 2.75 bits per heavy atom. The largest absolute Gasteiger partial charge is 0.491 e. The van der Waals surface area contributed by atoms with Gasteiger partial charge in [-0.3, -0.25) is 9.59 Å². The summed E-state index contributed by atoms with van der Waals surface area (Å²) in [5, 5.41) is 8.85. The van der Waals surface area contributed by atoms with Crippen molar-refractivity contribution in [2.24, 2.45) is 5.92 Å². The van der Waals surface area contributed by atoms with Crippen molar-refractivity contribution in [2.45, 2.75) is 33.1 Å². The highest BCUT2D eigenvalue weighted by molar-refractivity contribution is 6.09. The van der Waals surface area contributed by atoms with E-state index in [1.165, 1.54) is 0 Å². The van der Waals surface area contributed by atoms with Gasteiger partial charge < -0.3 is 9.84 Å². The van der Waals surface area contributed by atoms with E-state index in [0.29, 0.717) is 12.0 Å². The quantitative estimate of drug-likeness (QED) is 0.258. The van der Waals surface area contributed by atoms with Gasteiger partial charge in [0.05, 0.1) is 13.0 Å². The van der Waals surface area contributed by atoms with Gasteiger partial charge in [-0.2, -0.15) is 0 Å². The van der Waals surface area contributed by atoms with Crippen LogP contribution in [0.25, 0.3) is 0 Å². The third-order valence-electron chi connectivity index (χ3n) is 3.46. The number of carbonyl (C=O) groups is 2. The van der Waals surface area contributed by atoms with Crippen molar-refractivity contribution in [2.75, 3.05) is 13.2 Å². The van der Waals surface area contributed by atoms with Crippen LogP contribution in [0.4, 0.5) is 0 Å². The third-order valence-corrected chi connectivity index (χ3v) is 3.46. The van der Waals surface area contributed by atoms with E-state index in [1.807, 2.05) is 26.0 Å². The molecule has 0 spiro atoms. The van der Waals surface area contributed by atoms with Gasteiger partial charge in [-0.1, -0.05) is 43.9 Å². The molecule has 1 N–H and O–H groups in total. The lowest BCUT2D eigenvalue weighted by molar-refractivity contribution is -0.125. The van der Waals surface area contributed by atoms with Gasteiger partial charge in [-0.25, -0.2) is 0 Å². The van der Waals surface area contributed by atoms with E-state index < -0.39 is 0 Å². The first-order chi connectivity index (χ1) is 11.6. The van der Waals surface area contributed by atoms with Gasteiger partial charge in [0.2, 0.25) is 0 Å². The van der Waals surface area contributed by atoms with E-state index in [4.69, 9.17) is 9.84 Å².